The fraction of sp³-hybridized carbons (Fsp3) is 0.167. The number of benzene rings is 1. The van der Waals surface area contributed by atoms with Gasteiger partial charge in [-0.1, -0.05) is 23.7 Å². The molecule has 3 nitrogen and oxygen atoms in total. The maximum Gasteiger partial charge on any atom is 0.146 e. The Morgan fingerprint density at radius 2 is 2.00 bits per heavy atom. The molecule has 0 aliphatic rings. The smallest absolute Gasteiger partial charge is 0.146 e. The van der Waals surface area contributed by atoms with Gasteiger partial charge in [-0.25, -0.2) is 9.97 Å². The second kappa shape index (κ2) is 5.47. The summed E-state index contributed by atoms with van der Waals surface area (Å²) >= 11 is 9.17. The molecule has 0 spiro atoms. The van der Waals surface area contributed by atoms with Crippen LogP contribution in [0, 0.1) is 0 Å². The molecular formula is C12H10BrClN2O. The third kappa shape index (κ3) is 3.17. The Kier molecular flexibility index (Phi) is 3.97. The zero-order valence-electron chi connectivity index (χ0n) is 9.15. The summed E-state index contributed by atoms with van der Waals surface area (Å²) in [5.74, 6) is 1.53. The van der Waals surface area contributed by atoms with Crippen LogP contribution in [-0.4, -0.2) is 17.1 Å². The molecule has 0 aliphatic carbocycles. The van der Waals surface area contributed by atoms with Crippen LogP contribution >= 0.6 is 27.5 Å². The normalized spacial score (nSPS) is 10.3. The van der Waals surface area contributed by atoms with Gasteiger partial charge < -0.3 is 4.74 Å². The summed E-state index contributed by atoms with van der Waals surface area (Å²) in [5, 5.41) is 0.434. The van der Waals surface area contributed by atoms with Crippen LogP contribution in [0.3, 0.4) is 0 Å². The molecule has 2 aromatic rings. The van der Waals surface area contributed by atoms with Crippen LogP contribution in [0.25, 0.3) is 0 Å². The highest BCUT2D eigenvalue weighted by Gasteiger charge is 2.04. The number of methoxy groups -OCH3 is 1. The van der Waals surface area contributed by atoms with Crippen molar-refractivity contribution in [1.82, 2.24) is 9.97 Å². The lowest BCUT2D eigenvalue weighted by Gasteiger charge is -2.03. The van der Waals surface area contributed by atoms with Crippen molar-refractivity contribution in [1.29, 1.82) is 0 Å². The predicted molar refractivity (Wildman–Crippen MR) is 70.5 cm³/mol. The summed E-state index contributed by atoms with van der Waals surface area (Å²) in [4.78, 5) is 8.39. The molecule has 5 heteroatoms. The molecule has 0 saturated carbocycles. The predicted octanol–water partition coefficient (Wildman–Crippen LogP) is 3.49. The van der Waals surface area contributed by atoms with Crippen LogP contribution in [-0.2, 0) is 6.42 Å². The Hall–Kier alpha value is -1.13. The first kappa shape index (κ1) is 12.3. The van der Waals surface area contributed by atoms with E-state index in [1.54, 1.807) is 13.3 Å². The van der Waals surface area contributed by atoms with E-state index < -0.39 is 0 Å². The monoisotopic (exact) mass is 312 g/mol. The highest BCUT2D eigenvalue weighted by Crippen LogP contribution is 2.19. The van der Waals surface area contributed by atoms with E-state index in [9.17, 15) is 0 Å². The summed E-state index contributed by atoms with van der Waals surface area (Å²) in [6.07, 6.45) is 2.31. The fourth-order valence-corrected chi connectivity index (χ4v) is 1.73. The van der Waals surface area contributed by atoms with Crippen LogP contribution in [0.4, 0.5) is 0 Å². The Balaban J connectivity index is 2.16. The molecule has 0 radical (unpaired) electrons. The average Bonchev–Trinajstić information content (AvgIpc) is 2.35. The topological polar surface area (TPSA) is 35.0 Å². The second-order valence-corrected chi connectivity index (χ2v) is 4.66. The second-order valence-electron chi connectivity index (χ2n) is 3.45. The van der Waals surface area contributed by atoms with E-state index in [-0.39, 0.29) is 0 Å². The lowest BCUT2D eigenvalue weighted by atomic mass is 10.1. The molecule has 0 aliphatic heterocycles. The van der Waals surface area contributed by atoms with E-state index in [4.69, 9.17) is 16.3 Å². The average molecular weight is 314 g/mol. The lowest BCUT2D eigenvalue weighted by molar-refractivity contribution is 0.414. The Morgan fingerprint density at radius 3 is 2.59 bits per heavy atom. The molecule has 0 saturated heterocycles. The van der Waals surface area contributed by atoms with Gasteiger partial charge in [-0.15, -0.1) is 0 Å². The number of nitrogens with zero attached hydrogens (tertiary/aromatic N) is 2. The lowest BCUT2D eigenvalue weighted by Crippen LogP contribution is -1.97. The quantitative estimate of drug-likeness (QED) is 0.814. The van der Waals surface area contributed by atoms with Gasteiger partial charge in [-0.2, -0.15) is 0 Å². The van der Waals surface area contributed by atoms with Crippen LogP contribution < -0.4 is 4.74 Å². The van der Waals surface area contributed by atoms with Crippen LogP contribution in [0.15, 0.2) is 34.9 Å². The molecule has 1 aromatic heterocycles. The van der Waals surface area contributed by atoms with Crippen LogP contribution in [0.5, 0.6) is 5.75 Å². The van der Waals surface area contributed by atoms with Gasteiger partial charge in [0.05, 0.1) is 11.6 Å². The molecule has 0 atom stereocenters. The summed E-state index contributed by atoms with van der Waals surface area (Å²) in [6.45, 7) is 0. The Bertz CT molecular complexity index is 516. The van der Waals surface area contributed by atoms with E-state index in [0.29, 0.717) is 21.9 Å². The van der Waals surface area contributed by atoms with Crippen molar-refractivity contribution in [3.8, 4) is 5.75 Å². The first-order valence-corrected chi connectivity index (χ1v) is 6.16. The molecule has 1 aromatic carbocycles. The Labute approximate surface area is 113 Å². The minimum atomic E-state index is 0.434. The SMILES string of the molecule is COc1ccc(Cc2ncc(Br)c(Cl)n2)cc1. The molecule has 88 valence electrons. The van der Waals surface area contributed by atoms with Crippen LogP contribution in [0.2, 0.25) is 5.15 Å². The molecular weight excluding hydrogens is 304 g/mol. The third-order valence-corrected chi connectivity index (χ3v) is 3.37. The number of hydrogen-bond donors (Lipinski definition) is 0. The van der Waals surface area contributed by atoms with E-state index in [1.807, 2.05) is 24.3 Å². The molecule has 2 rings (SSSR count). The molecule has 0 fully saturated rings. The van der Waals surface area contributed by atoms with Gasteiger partial charge in [-0.05, 0) is 33.6 Å². The van der Waals surface area contributed by atoms with Gasteiger partial charge in [-0.3, -0.25) is 0 Å². The van der Waals surface area contributed by atoms with E-state index in [0.717, 1.165) is 11.3 Å². The van der Waals surface area contributed by atoms with Crippen molar-refractivity contribution in [2.75, 3.05) is 7.11 Å². The highest BCUT2D eigenvalue weighted by molar-refractivity contribution is 9.10. The van der Waals surface area contributed by atoms with Crippen molar-refractivity contribution in [3.05, 3.63) is 51.5 Å². The first-order valence-electron chi connectivity index (χ1n) is 4.99. The standard InChI is InChI=1S/C12H10BrClN2O/c1-17-9-4-2-8(3-5-9)6-11-15-7-10(13)12(14)16-11/h2-5,7H,6H2,1H3. The molecule has 0 unspecified atom stereocenters. The van der Waals surface area contributed by atoms with Gasteiger partial charge >= 0.3 is 0 Å². The van der Waals surface area contributed by atoms with E-state index in [2.05, 4.69) is 25.9 Å². The highest BCUT2D eigenvalue weighted by atomic mass is 79.9. The van der Waals surface area contributed by atoms with Gasteiger partial charge in [0.2, 0.25) is 0 Å². The zero-order valence-corrected chi connectivity index (χ0v) is 11.5. The number of hydrogen-bond acceptors (Lipinski definition) is 3. The van der Waals surface area contributed by atoms with Crippen molar-refractivity contribution in [2.45, 2.75) is 6.42 Å². The molecule has 1 heterocycles. The summed E-state index contributed by atoms with van der Waals surface area (Å²) in [6, 6.07) is 7.79. The summed E-state index contributed by atoms with van der Waals surface area (Å²) < 4.78 is 5.80. The van der Waals surface area contributed by atoms with Gasteiger partial charge in [0, 0.05) is 12.6 Å². The van der Waals surface area contributed by atoms with Gasteiger partial charge in [0.1, 0.15) is 16.7 Å². The van der Waals surface area contributed by atoms with Gasteiger partial charge in [0.25, 0.3) is 0 Å². The minimum Gasteiger partial charge on any atom is -0.497 e. The molecule has 17 heavy (non-hydrogen) atoms. The van der Waals surface area contributed by atoms with Crippen molar-refractivity contribution in [3.63, 3.8) is 0 Å². The number of halogens is 2. The fourth-order valence-electron chi connectivity index (χ4n) is 1.39. The van der Waals surface area contributed by atoms with E-state index >= 15 is 0 Å². The van der Waals surface area contributed by atoms with Crippen molar-refractivity contribution in [2.24, 2.45) is 0 Å². The Morgan fingerprint density at radius 1 is 1.29 bits per heavy atom. The summed E-state index contributed by atoms with van der Waals surface area (Å²) in [7, 11) is 1.65. The van der Waals surface area contributed by atoms with Crippen molar-refractivity contribution >= 4 is 27.5 Å². The minimum absolute atomic E-state index is 0.434. The molecule has 0 amide bonds. The largest absolute Gasteiger partial charge is 0.497 e. The third-order valence-electron chi connectivity index (χ3n) is 2.27. The maximum atomic E-state index is 5.91. The van der Waals surface area contributed by atoms with Crippen molar-refractivity contribution < 1.29 is 4.74 Å². The first-order chi connectivity index (χ1) is 8.19. The number of aromatic nitrogens is 2. The maximum absolute atomic E-state index is 5.91. The van der Waals surface area contributed by atoms with E-state index in [1.165, 1.54) is 0 Å². The molecule has 0 bridgehead atoms. The van der Waals surface area contributed by atoms with Crippen LogP contribution in [0.1, 0.15) is 11.4 Å². The van der Waals surface area contributed by atoms with Gasteiger partial charge in [0.15, 0.2) is 0 Å². The number of rotatable bonds is 3. The summed E-state index contributed by atoms with van der Waals surface area (Å²) in [5.41, 5.74) is 1.11. The zero-order chi connectivity index (χ0) is 12.3. The number of ether oxygens (including phenoxy) is 1. The molecule has 0 N–H and O–H groups in total.